The van der Waals surface area contributed by atoms with E-state index in [2.05, 4.69) is 0 Å². The van der Waals surface area contributed by atoms with Crippen LogP contribution in [0, 0.1) is 0 Å². The Kier molecular flexibility index (Phi) is 6.47. The molecule has 0 saturated heterocycles. The first kappa shape index (κ1) is 22.8. The van der Waals surface area contributed by atoms with Gasteiger partial charge in [-0.15, -0.1) is 0 Å². The molecule has 0 aliphatic rings. The molecule has 1 aromatic rings. The Morgan fingerprint density at radius 3 is 1.69 bits per heavy atom. The van der Waals surface area contributed by atoms with Crippen molar-refractivity contribution >= 4 is 14.5 Å². The molecule has 0 aromatic heterocycles. The van der Waals surface area contributed by atoms with Gasteiger partial charge < -0.3 is 8.85 Å². The SMILES string of the molecule is CO[SiH](OC)c1ccccc1C(C)C(F)(F)C(F)(F)C(F)(F)C(F)(F)F. The molecule has 12 heteroatoms. The standard InChI is InChI=1S/C14H15F9O2Si/c1-8(9-6-4-5-7-10(9)26(24-2)25-3)11(15,16)12(17,18)13(19,20)14(21,22)23/h4-8,26H,1-3H3. The molecule has 0 heterocycles. The summed E-state index contributed by atoms with van der Waals surface area (Å²) in [5.74, 6) is -22.0. The maximum atomic E-state index is 14.2. The Balaban J connectivity index is 3.47. The Bertz CT molecular complexity index is 615. The van der Waals surface area contributed by atoms with E-state index in [0.717, 1.165) is 26.4 Å². The second kappa shape index (κ2) is 7.39. The number of hydrogen-bond donors (Lipinski definition) is 0. The lowest BCUT2D eigenvalue weighted by atomic mass is 9.87. The summed E-state index contributed by atoms with van der Waals surface area (Å²) >= 11 is 0. The summed E-state index contributed by atoms with van der Waals surface area (Å²) in [6, 6.07) is 4.62. The monoisotopic (exact) mass is 414 g/mol. The van der Waals surface area contributed by atoms with Gasteiger partial charge in [0.05, 0.1) is 5.92 Å². The normalized spacial score (nSPS) is 15.4. The van der Waals surface area contributed by atoms with Gasteiger partial charge in [-0.25, -0.2) is 0 Å². The average molecular weight is 414 g/mol. The van der Waals surface area contributed by atoms with Crippen LogP contribution in [0.25, 0.3) is 0 Å². The van der Waals surface area contributed by atoms with E-state index in [1.54, 1.807) is 0 Å². The molecule has 0 radical (unpaired) electrons. The van der Waals surface area contributed by atoms with Gasteiger partial charge in [-0.3, -0.25) is 0 Å². The van der Waals surface area contributed by atoms with Crippen LogP contribution in [0.15, 0.2) is 24.3 Å². The minimum absolute atomic E-state index is 0.0733. The first-order chi connectivity index (χ1) is 11.7. The van der Waals surface area contributed by atoms with Crippen LogP contribution < -0.4 is 5.19 Å². The molecule has 2 nitrogen and oxygen atoms in total. The van der Waals surface area contributed by atoms with E-state index in [-0.39, 0.29) is 5.19 Å². The molecule has 1 atom stereocenters. The number of rotatable bonds is 7. The Morgan fingerprint density at radius 2 is 1.27 bits per heavy atom. The van der Waals surface area contributed by atoms with Gasteiger partial charge in [0.25, 0.3) is 0 Å². The highest BCUT2D eigenvalue weighted by molar-refractivity contribution is 6.61. The number of halogens is 9. The lowest BCUT2D eigenvalue weighted by molar-refractivity contribution is -0.398. The molecule has 0 aliphatic heterocycles. The topological polar surface area (TPSA) is 18.5 Å². The van der Waals surface area contributed by atoms with Gasteiger partial charge in [0, 0.05) is 14.2 Å². The third-order valence-corrected chi connectivity index (χ3v) is 5.75. The third-order valence-electron chi connectivity index (χ3n) is 3.86. The zero-order valence-electron chi connectivity index (χ0n) is 13.7. The maximum Gasteiger partial charge on any atom is 0.460 e. The number of hydrogen-bond acceptors (Lipinski definition) is 2. The smallest absolute Gasteiger partial charge is 0.397 e. The van der Waals surface area contributed by atoms with Crippen molar-refractivity contribution < 1.29 is 48.4 Å². The molecule has 0 saturated carbocycles. The summed E-state index contributed by atoms with van der Waals surface area (Å²) in [7, 11) is -0.517. The zero-order valence-corrected chi connectivity index (χ0v) is 14.8. The summed E-state index contributed by atoms with van der Waals surface area (Å²) in [6.07, 6.45) is -6.85. The Labute approximate surface area is 144 Å². The van der Waals surface area contributed by atoms with Crippen molar-refractivity contribution in [3.63, 3.8) is 0 Å². The first-order valence-corrected chi connectivity index (χ1v) is 8.53. The number of benzene rings is 1. The maximum absolute atomic E-state index is 14.2. The quantitative estimate of drug-likeness (QED) is 0.497. The van der Waals surface area contributed by atoms with E-state index in [1.807, 2.05) is 0 Å². The molecule has 150 valence electrons. The van der Waals surface area contributed by atoms with Crippen LogP contribution in [0.1, 0.15) is 18.4 Å². The van der Waals surface area contributed by atoms with Crippen molar-refractivity contribution in [1.29, 1.82) is 0 Å². The number of alkyl halides is 9. The minimum atomic E-state index is -6.92. The summed E-state index contributed by atoms with van der Waals surface area (Å²) in [4.78, 5) is 0. The Morgan fingerprint density at radius 1 is 0.808 bits per heavy atom. The van der Waals surface area contributed by atoms with Crippen LogP contribution in [0.4, 0.5) is 39.5 Å². The molecular weight excluding hydrogens is 399 g/mol. The van der Waals surface area contributed by atoms with E-state index in [0.29, 0.717) is 6.92 Å². The van der Waals surface area contributed by atoms with Crippen molar-refractivity contribution in [2.75, 3.05) is 14.2 Å². The minimum Gasteiger partial charge on any atom is -0.397 e. The van der Waals surface area contributed by atoms with Gasteiger partial charge in [0.1, 0.15) is 0 Å². The predicted octanol–water partition coefficient (Wildman–Crippen LogP) is 3.98. The highest BCUT2D eigenvalue weighted by atomic mass is 28.3. The molecule has 1 unspecified atom stereocenters. The molecule has 26 heavy (non-hydrogen) atoms. The summed E-state index contributed by atoms with van der Waals surface area (Å²) in [5.41, 5.74) is -0.560. The van der Waals surface area contributed by atoms with Gasteiger partial charge in [-0.2, -0.15) is 39.5 Å². The second-order valence-corrected chi connectivity index (χ2v) is 7.65. The fraction of sp³-hybridized carbons (Fsp3) is 0.571. The van der Waals surface area contributed by atoms with Crippen LogP contribution in [0.5, 0.6) is 0 Å². The molecule has 0 bridgehead atoms. The van der Waals surface area contributed by atoms with Crippen molar-refractivity contribution in [2.45, 2.75) is 36.8 Å². The lowest BCUT2D eigenvalue weighted by Gasteiger charge is -2.37. The van der Waals surface area contributed by atoms with Gasteiger partial charge in [0.2, 0.25) is 0 Å². The van der Waals surface area contributed by atoms with Crippen LogP contribution in [0.3, 0.4) is 0 Å². The largest absolute Gasteiger partial charge is 0.460 e. The summed E-state index contributed by atoms with van der Waals surface area (Å²) in [6.45, 7) is 0.440. The van der Waals surface area contributed by atoms with Crippen molar-refractivity contribution in [1.82, 2.24) is 0 Å². The van der Waals surface area contributed by atoms with Crippen molar-refractivity contribution in [3.8, 4) is 0 Å². The van der Waals surface area contributed by atoms with Crippen LogP contribution in [0.2, 0.25) is 0 Å². The zero-order chi connectivity index (χ0) is 20.6. The fourth-order valence-corrected chi connectivity index (χ4v) is 3.91. The highest BCUT2D eigenvalue weighted by Crippen LogP contribution is 2.56. The van der Waals surface area contributed by atoms with E-state index in [4.69, 9.17) is 8.85 Å². The fourth-order valence-electron chi connectivity index (χ4n) is 2.32. The average Bonchev–Trinajstić information content (AvgIpc) is 2.54. The van der Waals surface area contributed by atoms with E-state index >= 15 is 0 Å². The molecule has 0 N–H and O–H groups in total. The van der Waals surface area contributed by atoms with Crippen LogP contribution in [-0.4, -0.2) is 47.4 Å². The first-order valence-electron chi connectivity index (χ1n) is 7.01. The Hall–Kier alpha value is -1.27. The molecule has 1 rings (SSSR count). The summed E-state index contributed by atoms with van der Waals surface area (Å²) < 4.78 is 128. The molecule has 0 aliphatic carbocycles. The molecule has 0 spiro atoms. The lowest BCUT2D eigenvalue weighted by Crippen LogP contribution is -2.62. The summed E-state index contributed by atoms with van der Waals surface area (Å²) in [5, 5.41) is -0.0733. The predicted molar refractivity (Wildman–Crippen MR) is 76.6 cm³/mol. The molecule has 1 aromatic carbocycles. The van der Waals surface area contributed by atoms with Crippen LogP contribution in [-0.2, 0) is 8.85 Å². The van der Waals surface area contributed by atoms with Gasteiger partial charge in [-0.1, -0.05) is 31.2 Å². The van der Waals surface area contributed by atoms with E-state index < -0.39 is 44.7 Å². The molecule has 0 amide bonds. The second-order valence-electron chi connectivity index (χ2n) is 5.42. The van der Waals surface area contributed by atoms with Crippen molar-refractivity contribution in [3.05, 3.63) is 29.8 Å². The van der Waals surface area contributed by atoms with Gasteiger partial charge in [0.15, 0.2) is 0 Å². The molecule has 0 fully saturated rings. The van der Waals surface area contributed by atoms with Gasteiger partial charge in [-0.05, 0) is 10.8 Å². The molecular formula is C14H15F9O2Si. The van der Waals surface area contributed by atoms with Gasteiger partial charge >= 0.3 is 33.2 Å². The van der Waals surface area contributed by atoms with E-state index in [1.165, 1.54) is 12.1 Å². The van der Waals surface area contributed by atoms with E-state index in [9.17, 15) is 39.5 Å². The van der Waals surface area contributed by atoms with Crippen molar-refractivity contribution in [2.24, 2.45) is 0 Å². The van der Waals surface area contributed by atoms with Crippen LogP contribution >= 0.6 is 0 Å². The third kappa shape index (κ3) is 3.58. The highest BCUT2D eigenvalue weighted by Gasteiger charge is 2.82.